The van der Waals surface area contributed by atoms with E-state index in [1.165, 1.54) is 0 Å². The molecule has 1 unspecified atom stereocenters. The van der Waals surface area contributed by atoms with E-state index in [4.69, 9.17) is 9.47 Å². The Bertz CT molecular complexity index is 518. The Kier molecular flexibility index (Phi) is 5.47. The van der Waals surface area contributed by atoms with Gasteiger partial charge in [0.05, 0.1) is 10.5 Å². The van der Waals surface area contributed by atoms with Crippen LogP contribution in [0.4, 0.5) is 0 Å². The lowest BCUT2D eigenvalue weighted by atomic mass is 10.2. The number of nitrogens with zero attached hydrogens (tertiary/aromatic N) is 1. The Hall–Kier alpha value is -1.27. The number of halogens is 1. The predicted octanol–water partition coefficient (Wildman–Crippen LogP) is 2.52. The highest BCUT2D eigenvalue weighted by Crippen LogP contribution is 2.39. The van der Waals surface area contributed by atoms with E-state index in [-0.39, 0.29) is 18.7 Å². The zero-order valence-corrected chi connectivity index (χ0v) is 14.2. The Balaban J connectivity index is 1.97. The lowest BCUT2D eigenvalue weighted by molar-refractivity contribution is -0.132. The van der Waals surface area contributed by atoms with Crippen LogP contribution in [0.2, 0.25) is 0 Å². The Morgan fingerprint density at radius 1 is 1.38 bits per heavy atom. The van der Waals surface area contributed by atoms with Gasteiger partial charge in [0.15, 0.2) is 11.5 Å². The molecule has 1 aliphatic heterocycles. The molecule has 1 atom stereocenters. The van der Waals surface area contributed by atoms with Gasteiger partial charge in [-0.2, -0.15) is 0 Å². The van der Waals surface area contributed by atoms with E-state index < -0.39 is 0 Å². The molecule has 0 radical (unpaired) electrons. The highest BCUT2D eigenvalue weighted by molar-refractivity contribution is 9.10. The van der Waals surface area contributed by atoms with Crippen LogP contribution in [0.15, 0.2) is 16.6 Å². The van der Waals surface area contributed by atoms with E-state index in [9.17, 15) is 4.79 Å². The molecule has 1 N–H and O–H groups in total. The van der Waals surface area contributed by atoms with Crippen LogP contribution in [0.25, 0.3) is 0 Å². The first kappa shape index (κ1) is 16.1. The van der Waals surface area contributed by atoms with Crippen LogP contribution in [0.1, 0.15) is 26.3 Å². The maximum atomic E-state index is 12.2. The number of nitrogens with one attached hydrogen (secondary N) is 1. The standard InChI is InChI=1S/C15H21BrN2O3/c1-4-18(5-2)15(19)10(3)17-8-11-6-12(16)14-13(7-11)20-9-21-14/h6-7,10,17H,4-5,8-9H2,1-3H3. The molecule has 1 amide bonds. The fourth-order valence-electron chi connectivity index (χ4n) is 2.29. The Morgan fingerprint density at radius 2 is 2.10 bits per heavy atom. The van der Waals surface area contributed by atoms with Gasteiger partial charge in [0.25, 0.3) is 0 Å². The van der Waals surface area contributed by atoms with Crippen molar-refractivity contribution >= 4 is 21.8 Å². The highest BCUT2D eigenvalue weighted by atomic mass is 79.9. The molecule has 1 aromatic rings. The summed E-state index contributed by atoms with van der Waals surface area (Å²) in [5, 5.41) is 3.26. The number of carbonyl (C=O) groups excluding carboxylic acids is 1. The molecule has 6 heteroatoms. The van der Waals surface area contributed by atoms with Gasteiger partial charge in [-0.1, -0.05) is 0 Å². The van der Waals surface area contributed by atoms with Crippen LogP contribution in [0, 0.1) is 0 Å². The van der Waals surface area contributed by atoms with E-state index >= 15 is 0 Å². The molecule has 116 valence electrons. The summed E-state index contributed by atoms with van der Waals surface area (Å²) in [5.41, 5.74) is 1.05. The third kappa shape index (κ3) is 3.68. The second-order valence-electron chi connectivity index (χ2n) is 4.92. The van der Waals surface area contributed by atoms with Gasteiger partial charge < -0.3 is 19.7 Å². The van der Waals surface area contributed by atoms with Gasteiger partial charge in [-0.05, 0) is 54.4 Å². The minimum Gasteiger partial charge on any atom is -0.454 e. The molecule has 1 heterocycles. The zero-order chi connectivity index (χ0) is 15.4. The molecule has 2 rings (SSSR count). The number of benzene rings is 1. The maximum Gasteiger partial charge on any atom is 0.239 e. The lowest BCUT2D eigenvalue weighted by Gasteiger charge is -2.23. The summed E-state index contributed by atoms with van der Waals surface area (Å²) in [6.45, 7) is 8.19. The Morgan fingerprint density at radius 3 is 2.76 bits per heavy atom. The lowest BCUT2D eigenvalue weighted by Crippen LogP contribution is -2.44. The summed E-state index contributed by atoms with van der Waals surface area (Å²) in [6, 6.07) is 3.71. The van der Waals surface area contributed by atoms with E-state index in [1.54, 1.807) is 0 Å². The molecular weight excluding hydrogens is 336 g/mol. The summed E-state index contributed by atoms with van der Waals surface area (Å²) in [5.74, 6) is 1.61. The van der Waals surface area contributed by atoms with E-state index in [1.807, 2.05) is 37.8 Å². The van der Waals surface area contributed by atoms with Crippen molar-refractivity contribution in [3.63, 3.8) is 0 Å². The first-order valence-corrected chi connectivity index (χ1v) is 7.96. The van der Waals surface area contributed by atoms with Crippen LogP contribution in [0.5, 0.6) is 11.5 Å². The second kappa shape index (κ2) is 7.13. The van der Waals surface area contributed by atoms with Crippen molar-refractivity contribution in [1.82, 2.24) is 10.2 Å². The van der Waals surface area contributed by atoms with Crippen molar-refractivity contribution in [3.8, 4) is 11.5 Å². The summed E-state index contributed by atoms with van der Waals surface area (Å²) >= 11 is 3.47. The quantitative estimate of drug-likeness (QED) is 0.850. The van der Waals surface area contributed by atoms with Crippen LogP contribution < -0.4 is 14.8 Å². The maximum absolute atomic E-state index is 12.2. The van der Waals surface area contributed by atoms with Crippen molar-refractivity contribution in [2.75, 3.05) is 19.9 Å². The number of ether oxygens (including phenoxy) is 2. The molecule has 0 bridgehead atoms. The van der Waals surface area contributed by atoms with Crippen molar-refractivity contribution < 1.29 is 14.3 Å². The van der Waals surface area contributed by atoms with Gasteiger partial charge in [-0.3, -0.25) is 4.79 Å². The molecule has 0 aliphatic carbocycles. The van der Waals surface area contributed by atoms with Gasteiger partial charge in [-0.15, -0.1) is 0 Å². The van der Waals surface area contributed by atoms with Gasteiger partial charge in [0, 0.05) is 19.6 Å². The summed E-state index contributed by atoms with van der Waals surface area (Å²) in [7, 11) is 0. The molecule has 0 aromatic heterocycles. The van der Waals surface area contributed by atoms with Crippen LogP contribution in [-0.4, -0.2) is 36.7 Å². The van der Waals surface area contributed by atoms with Crippen LogP contribution >= 0.6 is 15.9 Å². The number of fused-ring (bicyclic) bond motifs is 1. The molecule has 21 heavy (non-hydrogen) atoms. The summed E-state index contributed by atoms with van der Waals surface area (Å²) in [6.07, 6.45) is 0. The molecule has 1 aliphatic rings. The van der Waals surface area contributed by atoms with E-state index in [2.05, 4.69) is 21.2 Å². The largest absolute Gasteiger partial charge is 0.454 e. The number of hydrogen-bond donors (Lipinski definition) is 1. The second-order valence-corrected chi connectivity index (χ2v) is 5.78. The third-order valence-electron chi connectivity index (χ3n) is 3.54. The number of rotatable bonds is 6. The Labute approximate surface area is 133 Å². The van der Waals surface area contributed by atoms with Crippen molar-refractivity contribution in [2.24, 2.45) is 0 Å². The summed E-state index contributed by atoms with van der Waals surface area (Å²) in [4.78, 5) is 14.0. The topological polar surface area (TPSA) is 50.8 Å². The average molecular weight is 357 g/mol. The predicted molar refractivity (Wildman–Crippen MR) is 84.5 cm³/mol. The smallest absolute Gasteiger partial charge is 0.239 e. The monoisotopic (exact) mass is 356 g/mol. The SMILES string of the molecule is CCN(CC)C(=O)C(C)NCc1cc(Br)c2c(c1)OCO2. The fraction of sp³-hybridized carbons (Fsp3) is 0.533. The zero-order valence-electron chi connectivity index (χ0n) is 12.6. The first-order chi connectivity index (χ1) is 10.1. The van der Waals surface area contributed by atoms with E-state index in [0.29, 0.717) is 6.54 Å². The molecule has 0 saturated carbocycles. The normalized spacial score (nSPS) is 14.1. The van der Waals surface area contributed by atoms with Crippen LogP contribution in [-0.2, 0) is 11.3 Å². The number of hydrogen-bond acceptors (Lipinski definition) is 4. The highest BCUT2D eigenvalue weighted by Gasteiger charge is 2.20. The molecule has 1 aromatic carbocycles. The first-order valence-electron chi connectivity index (χ1n) is 7.17. The molecule has 0 spiro atoms. The minimum absolute atomic E-state index is 0.125. The van der Waals surface area contributed by atoms with Gasteiger partial charge in [0.1, 0.15) is 0 Å². The third-order valence-corrected chi connectivity index (χ3v) is 4.13. The number of amides is 1. The molecular formula is C15H21BrN2O3. The van der Waals surface area contributed by atoms with Gasteiger partial charge in [-0.25, -0.2) is 0 Å². The van der Waals surface area contributed by atoms with Crippen molar-refractivity contribution in [1.29, 1.82) is 0 Å². The van der Waals surface area contributed by atoms with Crippen molar-refractivity contribution in [2.45, 2.75) is 33.4 Å². The summed E-state index contributed by atoms with van der Waals surface area (Å²) < 4.78 is 11.6. The van der Waals surface area contributed by atoms with Gasteiger partial charge in [0.2, 0.25) is 12.7 Å². The molecule has 0 saturated heterocycles. The number of carbonyl (C=O) groups is 1. The minimum atomic E-state index is -0.214. The van der Waals surface area contributed by atoms with E-state index in [0.717, 1.165) is 34.6 Å². The molecule has 5 nitrogen and oxygen atoms in total. The molecule has 0 fully saturated rings. The van der Waals surface area contributed by atoms with Gasteiger partial charge >= 0.3 is 0 Å². The average Bonchev–Trinajstić information content (AvgIpc) is 2.94. The van der Waals surface area contributed by atoms with Crippen LogP contribution in [0.3, 0.4) is 0 Å². The fourth-order valence-corrected chi connectivity index (χ4v) is 2.89. The number of likely N-dealkylation sites (N-methyl/N-ethyl adjacent to an activating group) is 1. The van der Waals surface area contributed by atoms with Crippen molar-refractivity contribution in [3.05, 3.63) is 22.2 Å².